The first-order valence-corrected chi connectivity index (χ1v) is 3.58. The van der Waals surface area contributed by atoms with Gasteiger partial charge >= 0.3 is 11.9 Å². The quantitative estimate of drug-likeness (QED) is 0.360. The number of nitrogens with two attached hydrogens (primary N) is 2. The van der Waals surface area contributed by atoms with Gasteiger partial charge in [0.25, 0.3) is 0 Å². The third-order valence-electron chi connectivity index (χ3n) is 0.535. The molecular weight excluding hydrogens is 188 g/mol. The maximum atomic E-state index is 9.55. The van der Waals surface area contributed by atoms with Gasteiger partial charge in [0, 0.05) is 25.2 Å². The van der Waals surface area contributed by atoms with Crippen LogP contribution in [0.5, 0.6) is 0 Å². The van der Waals surface area contributed by atoms with Crippen LogP contribution in [0.1, 0.15) is 0 Å². The maximum Gasteiger partial charge on any atom is 0.328 e. The number of hydrogen-bond acceptors (Lipinski definition) is 4. The molecule has 0 amide bonds. The number of carboxylic acid groups (broad SMARTS) is 2. The molecule has 82 valence electrons. The summed E-state index contributed by atoms with van der Waals surface area (Å²) in [6.45, 7) is 7.19. The van der Waals surface area contributed by atoms with Crippen LogP contribution >= 0.6 is 0 Å². The molecule has 14 heavy (non-hydrogen) atoms. The highest BCUT2D eigenvalue weighted by molar-refractivity contribution is 5.89. The van der Waals surface area contributed by atoms with Crippen LogP contribution in [-0.2, 0) is 9.59 Å². The van der Waals surface area contributed by atoms with Crippen molar-refractivity contribution in [3.8, 4) is 0 Å². The highest BCUT2D eigenvalue weighted by atomic mass is 16.4. The highest BCUT2D eigenvalue weighted by Gasteiger charge is 1.88. The third kappa shape index (κ3) is 47.9. The first kappa shape index (κ1) is 18.2. The fraction of sp³-hybridized carbons (Fsp3) is 0.250. The maximum absolute atomic E-state index is 9.55. The van der Waals surface area contributed by atoms with Crippen molar-refractivity contribution in [2.24, 2.45) is 11.5 Å². The lowest BCUT2D eigenvalue weighted by Crippen LogP contribution is -2.11. The second kappa shape index (κ2) is 17.4. The summed E-state index contributed by atoms with van der Waals surface area (Å²) >= 11 is 0. The predicted molar refractivity (Wildman–Crippen MR) is 53.8 cm³/mol. The molecule has 0 saturated carbocycles. The Bertz CT molecular complexity index is 162. The van der Waals surface area contributed by atoms with Gasteiger partial charge in [-0.1, -0.05) is 0 Å². The zero-order valence-electron chi connectivity index (χ0n) is 7.85. The Kier molecular flexibility index (Phi) is 22.6. The Morgan fingerprint density at radius 2 is 1.21 bits per heavy atom. The summed E-state index contributed by atoms with van der Waals surface area (Å²) in [5.41, 5.74) is 9.81. The van der Waals surface area contributed by atoms with Crippen LogP contribution in [-0.4, -0.2) is 35.2 Å². The molecule has 0 rings (SSSR count). The predicted octanol–water partition coefficient (Wildman–Crippen LogP) is -0.582. The molecule has 0 bridgehead atoms. The lowest BCUT2D eigenvalue weighted by Gasteiger charge is -1.74. The molecule has 0 atom stereocenters. The van der Waals surface area contributed by atoms with Crippen molar-refractivity contribution in [2.45, 2.75) is 0 Å². The zero-order valence-corrected chi connectivity index (χ0v) is 7.85. The molecule has 6 N–H and O–H groups in total. The second-order valence-electron chi connectivity index (χ2n) is 1.59. The van der Waals surface area contributed by atoms with E-state index in [4.69, 9.17) is 21.7 Å². The molecule has 0 aliphatic heterocycles. The van der Waals surface area contributed by atoms with E-state index in [-0.39, 0.29) is 0 Å². The Labute approximate surface area is 82.5 Å². The van der Waals surface area contributed by atoms with Crippen molar-refractivity contribution in [1.29, 1.82) is 0 Å². The van der Waals surface area contributed by atoms with Crippen LogP contribution in [0.15, 0.2) is 25.3 Å². The summed E-state index contributed by atoms with van der Waals surface area (Å²) in [4.78, 5) is 19.1. The van der Waals surface area contributed by atoms with E-state index in [1.807, 2.05) is 0 Å². The minimum atomic E-state index is -1.26. The first-order chi connectivity index (χ1) is 6.54. The number of hydrogen-bond donors (Lipinski definition) is 4. The van der Waals surface area contributed by atoms with E-state index < -0.39 is 11.9 Å². The van der Waals surface area contributed by atoms with E-state index in [0.717, 1.165) is 0 Å². The van der Waals surface area contributed by atoms with Crippen molar-refractivity contribution in [3.63, 3.8) is 0 Å². The van der Waals surface area contributed by atoms with Gasteiger partial charge in [-0.15, -0.1) is 13.2 Å². The molecule has 0 heterocycles. The van der Waals surface area contributed by atoms with Crippen LogP contribution in [0.4, 0.5) is 0 Å². The number of rotatable bonds is 3. The van der Waals surface area contributed by atoms with Crippen LogP contribution in [0.3, 0.4) is 0 Å². The Balaban J connectivity index is -0.000000170. The van der Waals surface area contributed by atoms with Gasteiger partial charge in [0.1, 0.15) is 0 Å². The lowest BCUT2D eigenvalue weighted by atomic mass is 10.5. The summed E-state index contributed by atoms with van der Waals surface area (Å²) in [5, 5.41) is 15.6. The van der Waals surface area contributed by atoms with Gasteiger partial charge in [0.2, 0.25) is 0 Å². The fourth-order valence-electron chi connectivity index (χ4n) is 0.143. The molecule has 0 aromatic carbocycles. The molecule has 0 spiro atoms. The van der Waals surface area contributed by atoms with Crippen molar-refractivity contribution >= 4 is 11.9 Å². The van der Waals surface area contributed by atoms with Gasteiger partial charge in [-0.2, -0.15) is 0 Å². The molecule has 0 unspecified atom stereocenters. The summed E-state index contributed by atoms with van der Waals surface area (Å²) in [7, 11) is 0. The Morgan fingerprint density at radius 3 is 1.29 bits per heavy atom. The molecule has 0 aromatic heterocycles. The molecule has 0 aliphatic carbocycles. The molecule has 0 aliphatic rings. The zero-order chi connectivity index (χ0) is 12.0. The summed E-state index contributed by atoms with van der Waals surface area (Å²) < 4.78 is 0. The third-order valence-corrected chi connectivity index (χ3v) is 0.535. The van der Waals surface area contributed by atoms with Gasteiger partial charge in [-0.25, -0.2) is 9.59 Å². The van der Waals surface area contributed by atoms with E-state index in [2.05, 4.69) is 13.2 Å². The Hall–Kier alpha value is -1.66. The van der Waals surface area contributed by atoms with Crippen LogP contribution in [0.25, 0.3) is 0 Å². The van der Waals surface area contributed by atoms with E-state index in [1.54, 1.807) is 0 Å². The molecule has 6 heteroatoms. The van der Waals surface area contributed by atoms with Crippen molar-refractivity contribution in [3.05, 3.63) is 25.3 Å². The average Bonchev–Trinajstić information content (AvgIpc) is 2.18. The standard InChI is InChI=1S/C4H4O4.C2H8N2.C2H4/c5-3(6)1-2-4(7)8;3-1-2-4;1-2/h1-2H,(H,5,6)(H,7,8);1-4H2;1-2H2/b2-1-;;. The summed E-state index contributed by atoms with van der Waals surface area (Å²) in [6.07, 6.45) is 1.12. The van der Waals surface area contributed by atoms with Crippen molar-refractivity contribution < 1.29 is 19.8 Å². The van der Waals surface area contributed by atoms with Gasteiger partial charge in [0.05, 0.1) is 0 Å². The van der Waals surface area contributed by atoms with Crippen molar-refractivity contribution in [2.75, 3.05) is 13.1 Å². The second-order valence-corrected chi connectivity index (χ2v) is 1.59. The van der Waals surface area contributed by atoms with Crippen LogP contribution in [0, 0.1) is 0 Å². The number of carbonyl (C=O) groups is 2. The van der Waals surface area contributed by atoms with E-state index in [1.165, 1.54) is 0 Å². The minimum absolute atomic E-state index is 0.558. The van der Waals surface area contributed by atoms with E-state index in [9.17, 15) is 9.59 Å². The average molecular weight is 204 g/mol. The SMILES string of the molecule is C=C.NCCN.O=C(O)/C=C\C(=O)O. The lowest BCUT2D eigenvalue weighted by molar-refractivity contribution is -0.134. The van der Waals surface area contributed by atoms with Crippen LogP contribution < -0.4 is 11.5 Å². The van der Waals surface area contributed by atoms with E-state index in [0.29, 0.717) is 25.2 Å². The van der Waals surface area contributed by atoms with Gasteiger partial charge < -0.3 is 21.7 Å². The molecule has 0 aromatic rings. The van der Waals surface area contributed by atoms with Crippen molar-refractivity contribution in [1.82, 2.24) is 0 Å². The molecule has 0 fully saturated rings. The topological polar surface area (TPSA) is 127 Å². The van der Waals surface area contributed by atoms with E-state index >= 15 is 0 Å². The first-order valence-electron chi connectivity index (χ1n) is 3.58. The van der Waals surface area contributed by atoms with Gasteiger partial charge in [-0.3, -0.25) is 0 Å². The molecule has 6 nitrogen and oxygen atoms in total. The fourth-order valence-corrected chi connectivity index (χ4v) is 0.143. The summed E-state index contributed by atoms with van der Waals surface area (Å²) in [6, 6.07) is 0. The minimum Gasteiger partial charge on any atom is -0.478 e. The van der Waals surface area contributed by atoms with Crippen LogP contribution in [0.2, 0.25) is 0 Å². The molecule has 0 radical (unpaired) electrons. The summed E-state index contributed by atoms with van der Waals surface area (Å²) in [5.74, 6) is -2.51. The normalized spacial score (nSPS) is 7.86. The molecular formula is C8H16N2O4. The monoisotopic (exact) mass is 204 g/mol. The highest BCUT2D eigenvalue weighted by Crippen LogP contribution is 1.70. The van der Waals surface area contributed by atoms with Gasteiger partial charge in [0.15, 0.2) is 0 Å². The Morgan fingerprint density at radius 1 is 1.00 bits per heavy atom. The largest absolute Gasteiger partial charge is 0.478 e. The molecule has 0 saturated heterocycles. The smallest absolute Gasteiger partial charge is 0.328 e. The number of carboxylic acids is 2. The van der Waals surface area contributed by atoms with Gasteiger partial charge in [-0.05, 0) is 0 Å². The number of aliphatic carboxylic acids is 2.